The van der Waals surface area contributed by atoms with Crippen LogP contribution in [0.25, 0.3) is 0 Å². The molecule has 4 nitrogen and oxygen atoms in total. The molecule has 7 aliphatic rings. The van der Waals surface area contributed by atoms with Gasteiger partial charge in [-0.3, -0.25) is 0 Å². The van der Waals surface area contributed by atoms with E-state index in [-0.39, 0.29) is 29.6 Å². The fraction of sp³-hybridized carbons (Fsp3) is 0.758. The second-order valence-corrected chi connectivity index (χ2v) is 14.4. The molecule has 8 atom stereocenters. The summed E-state index contributed by atoms with van der Waals surface area (Å²) in [5.41, 5.74) is 9.28. The Labute approximate surface area is 222 Å². The van der Waals surface area contributed by atoms with Crippen molar-refractivity contribution >= 4 is 0 Å². The van der Waals surface area contributed by atoms with Crippen molar-refractivity contribution in [3.63, 3.8) is 0 Å². The zero-order chi connectivity index (χ0) is 25.6. The molecule has 2 aliphatic heterocycles. The van der Waals surface area contributed by atoms with Crippen molar-refractivity contribution in [3.05, 3.63) is 29.3 Å². The third kappa shape index (κ3) is 3.39. The molecule has 6 fully saturated rings. The molecule has 1 aromatic rings. The number of ether oxygens (including phenoxy) is 1. The van der Waals surface area contributed by atoms with Crippen molar-refractivity contribution in [2.45, 2.75) is 108 Å². The van der Waals surface area contributed by atoms with Crippen LogP contribution < -0.4 is 5.73 Å². The lowest BCUT2D eigenvalue weighted by atomic mass is 9.39. The summed E-state index contributed by atoms with van der Waals surface area (Å²) >= 11 is 0. The van der Waals surface area contributed by atoms with Gasteiger partial charge in [0.05, 0.1) is 17.1 Å². The largest absolute Gasteiger partial charge is 0.508 e. The first-order valence-corrected chi connectivity index (χ1v) is 15.1. The van der Waals surface area contributed by atoms with E-state index in [0.717, 1.165) is 12.8 Å². The number of phenols is 1. The molecule has 8 rings (SSSR count). The van der Waals surface area contributed by atoms with Gasteiger partial charge in [-0.05, 0) is 124 Å². The third-order valence-corrected chi connectivity index (χ3v) is 12.4. The van der Waals surface area contributed by atoms with Crippen LogP contribution in [0.4, 0.5) is 0 Å². The van der Waals surface area contributed by atoms with Gasteiger partial charge in [-0.25, -0.2) is 0 Å². The van der Waals surface area contributed by atoms with Gasteiger partial charge in [0.1, 0.15) is 5.75 Å². The molecular formula is C33H45NO3. The topological polar surface area (TPSA) is 75.7 Å². The Bertz CT molecular complexity index is 1140. The van der Waals surface area contributed by atoms with Gasteiger partial charge < -0.3 is 20.7 Å². The standard InChI is InChI=1S/C33H45NO3/c1-30(2)29-18-24-9-11-26-23-16-22-8-10-25(36)17-21(22)6-5-7-28(32(29,34)14-15-35)33(24,37-30)27(26)20-31(19-23)12-3-4-13-31/h8,10,17,23-24,26-29,35-36H,3-4,6,9,11-16,18-20,34H2,1-2H3. The van der Waals surface area contributed by atoms with Crippen LogP contribution in [0.5, 0.6) is 5.75 Å². The minimum atomic E-state index is -0.548. The molecule has 5 aliphatic carbocycles. The van der Waals surface area contributed by atoms with Crippen LogP contribution in [0.3, 0.4) is 0 Å². The van der Waals surface area contributed by atoms with E-state index >= 15 is 0 Å². The molecule has 1 aromatic carbocycles. The zero-order valence-electron chi connectivity index (χ0n) is 22.8. The molecule has 5 bridgehead atoms. The predicted molar refractivity (Wildman–Crippen MR) is 145 cm³/mol. The molecule has 4 N–H and O–H groups in total. The van der Waals surface area contributed by atoms with E-state index in [0.29, 0.717) is 47.7 Å². The highest BCUT2D eigenvalue weighted by molar-refractivity contribution is 5.40. The van der Waals surface area contributed by atoms with Crippen molar-refractivity contribution in [3.8, 4) is 17.6 Å². The minimum Gasteiger partial charge on any atom is -0.508 e. The number of fused-ring (bicyclic) bond motifs is 2. The first-order chi connectivity index (χ1) is 17.7. The van der Waals surface area contributed by atoms with Crippen LogP contribution >= 0.6 is 0 Å². The van der Waals surface area contributed by atoms with Gasteiger partial charge in [0.25, 0.3) is 0 Å². The van der Waals surface area contributed by atoms with Crippen LogP contribution in [0, 0.1) is 52.8 Å². The Morgan fingerprint density at radius 1 is 1.11 bits per heavy atom. The fourth-order valence-corrected chi connectivity index (χ4v) is 11.2. The van der Waals surface area contributed by atoms with Crippen molar-refractivity contribution in [1.29, 1.82) is 0 Å². The van der Waals surface area contributed by atoms with Gasteiger partial charge in [-0.2, -0.15) is 0 Å². The summed E-state index contributed by atoms with van der Waals surface area (Å²) in [5, 5.41) is 20.6. The SMILES string of the molecule is CC1(C)OC23C4CCC5C(Cc6ccc(O)cc6CC#CC2C(N)(CCO)C1C4)CC1(CCCC1)CC53. The molecule has 200 valence electrons. The van der Waals surface area contributed by atoms with Gasteiger partial charge >= 0.3 is 0 Å². The van der Waals surface area contributed by atoms with Gasteiger partial charge in [0.2, 0.25) is 0 Å². The lowest BCUT2D eigenvalue weighted by Crippen LogP contribution is -2.81. The van der Waals surface area contributed by atoms with Crippen molar-refractivity contribution in [2.75, 3.05) is 6.61 Å². The Balaban J connectivity index is 1.46. The van der Waals surface area contributed by atoms with E-state index < -0.39 is 5.54 Å². The Hall–Kier alpha value is -1.54. The number of benzene rings is 1. The summed E-state index contributed by atoms with van der Waals surface area (Å²) in [6.45, 7) is 4.63. The van der Waals surface area contributed by atoms with Gasteiger partial charge in [-0.1, -0.05) is 30.7 Å². The molecule has 0 radical (unpaired) electrons. The molecule has 4 heteroatoms. The average Bonchev–Trinajstić information content (AvgIpc) is 3.28. The second-order valence-electron chi connectivity index (χ2n) is 14.4. The summed E-state index contributed by atoms with van der Waals surface area (Å²) in [4.78, 5) is 0. The van der Waals surface area contributed by atoms with Gasteiger partial charge in [0, 0.05) is 24.5 Å². The highest BCUT2D eigenvalue weighted by Gasteiger charge is 2.74. The predicted octanol–water partition coefficient (Wildman–Crippen LogP) is 5.37. The number of hydrogen-bond donors (Lipinski definition) is 3. The summed E-state index contributed by atoms with van der Waals surface area (Å²) < 4.78 is 7.49. The first-order valence-electron chi connectivity index (χ1n) is 15.1. The first kappa shape index (κ1) is 24.5. The van der Waals surface area contributed by atoms with Crippen LogP contribution in [0.2, 0.25) is 0 Å². The van der Waals surface area contributed by atoms with E-state index in [9.17, 15) is 10.2 Å². The molecule has 0 amide bonds. The highest BCUT2D eigenvalue weighted by atomic mass is 16.5. The normalized spacial score (nSPS) is 44.4. The fourth-order valence-electron chi connectivity index (χ4n) is 11.2. The Morgan fingerprint density at radius 3 is 2.70 bits per heavy atom. The number of aromatic hydroxyl groups is 1. The molecule has 0 aromatic heterocycles. The molecule has 2 spiro atoms. The molecule has 37 heavy (non-hydrogen) atoms. The lowest BCUT2D eigenvalue weighted by Gasteiger charge is -2.73. The summed E-state index contributed by atoms with van der Waals surface area (Å²) in [6, 6.07) is 5.97. The maximum absolute atomic E-state index is 10.3. The zero-order valence-corrected chi connectivity index (χ0v) is 22.8. The van der Waals surface area contributed by atoms with Crippen molar-refractivity contribution in [1.82, 2.24) is 0 Å². The van der Waals surface area contributed by atoms with Crippen LogP contribution in [-0.4, -0.2) is 33.6 Å². The van der Waals surface area contributed by atoms with Crippen LogP contribution in [-0.2, 0) is 17.6 Å². The molecular weight excluding hydrogens is 458 g/mol. The average molecular weight is 504 g/mol. The summed E-state index contributed by atoms with van der Waals surface area (Å²) in [5.74, 6) is 10.1. The maximum atomic E-state index is 10.3. The molecule has 8 unspecified atom stereocenters. The molecule has 2 heterocycles. The number of phenolic OH excluding ortho intramolecular Hbond substituents is 1. The molecule has 4 saturated carbocycles. The number of hydrogen-bond acceptors (Lipinski definition) is 4. The monoisotopic (exact) mass is 503 g/mol. The summed E-state index contributed by atoms with van der Waals surface area (Å²) in [6.07, 6.45) is 13.9. The van der Waals surface area contributed by atoms with Gasteiger partial charge in [-0.15, -0.1) is 0 Å². The number of nitrogens with two attached hydrogens (primary N) is 1. The summed E-state index contributed by atoms with van der Waals surface area (Å²) in [7, 11) is 0. The van der Waals surface area contributed by atoms with Crippen molar-refractivity contribution < 1.29 is 14.9 Å². The van der Waals surface area contributed by atoms with Crippen LogP contribution in [0.15, 0.2) is 18.2 Å². The Morgan fingerprint density at radius 2 is 1.92 bits per heavy atom. The number of aliphatic hydroxyl groups excluding tert-OH is 1. The third-order valence-electron chi connectivity index (χ3n) is 12.4. The minimum absolute atomic E-state index is 0.0622. The quantitative estimate of drug-likeness (QED) is 0.474. The second kappa shape index (κ2) is 8.23. The van der Waals surface area contributed by atoms with E-state index in [4.69, 9.17) is 10.5 Å². The lowest BCUT2D eigenvalue weighted by molar-refractivity contribution is -0.350. The smallest absolute Gasteiger partial charge is 0.115 e. The van der Waals surface area contributed by atoms with Crippen molar-refractivity contribution in [2.24, 2.45) is 46.7 Å². The van der Waals surface area contributed by atoms with E-state index in [1.54, 1.807) is 0 Å². The van der Waals surface area contributed by atoms with Crippen LogP contribution in [0.1, 0.15) is 89.2 Å². The molecule has 2 saturated heterocycles. The van der Waals surface area contributed by atoms with E-state index in [2.05, 4.69) is 31.8 Å². The van der Waals surface area contributed by atoms with Gasteiger partial charge in [0.15, 0.2) is 0 Å². The Kier molecular flexibility index (Phi) is 5.45. The highest BCUT2D eigenvalue weighted by Crippen LogP contribution is 2.71. The maximum Gasteiger partial charge on any atom is 0.115 e. The van der Waals surface area contributed by atoms with E-state index in [1.165, 1.54) is 62.5 Å². The number of rotatable bonds is 2. The van der Waals surface area contributed by atoms with E-state index in [1.807, 2.05) is 12.1 Å². The number of aliphatic hydroxyl groups is 1.